The fourth-order valence-electron chi connectivity index (χ4n) is 2.32. The fraction of sp³-hybridized carbons (Fsp3) is 0.400. The molecule has 4 heteroatoms. The highest BCUT2D eigenvalue weighted by molar-refractivity contribution is 7.98. The second kappa shape index (κ2) is 6.78. The molecule has 1 aromatic heterocycles. The minimum atomic E-state index is 0.302. The maximum absolute atomic E-state index is 4.47. The summed E-state index contributed by atoms with van der Waals surface area (Å²) in [6, 6.07) is 8.88. The van der Waals surface area contributed by atoms with Crippen molar-refractivity contribution in [2.45, 2.75) is 30.8 Å². The van der Waals surface area contributed by atoms with E-state index in [1.165, 1.54) is 10.5 Å². The molecule has 0 amide bonds. The summed E-state index contributed by atoms with van der Waals surface area (Å²) in [5, 5.41) is 3.42. The molecule has 1 N–H and O–H groups in total. The first-order valence-corrected chi connectivity index (χ1v) is 7.82. The standard InChI is InChI=1S/C15H21N3S/c1-4-18-10-9-17-15(18)11-13(16-2)12-7-5-6-8-14(12)19-3/h5-10,13,16H,4,11H2,1-3H3. The van der Waals surface area contributed by atoms with E-state index in [1.54, 1.807) is 11.8 Å². The largest absolute Gasteiger partial charge is 0.335 e. The summed E-state index contributed by atoms with van der Waals surface area (Å²) >= 11 is 1.79. The van der Waals surface area contributed by atoms with Crippen LogP contribution in [0.15, 0.2) is 41.6 Å². The van der Waals surface area contributed by atoms with Crippen LogP contribution in [0.1, 0.15) is 24.4 Å². The van der Waals surface area contributed by atoms with Crippen molar-refractivity contribution in [1.29, 1.82) is 0 Å². The Balaban J connectivity index is 2.25. The summed E-state index contributed by atoms with van der Waals surface area (Å²) in [6.07, 6.45) is 6.96. The van der Waals surface area contributed by atoms with Crippen LogP contribution in [0, 0.1) is 0 Å². The Kier molecular flexibility index (Phi) is 5.05. The number of hydrogen-bond donors (Lipinski definition) is 1. The van der Waals surface area contributed by atoms with Crippen LogP contribution in [0.5, 0.6) is 0 Å². The average Bonchev–Trinajstić information content (AvgIpc) is 2.92. The summed E-state index contributed by atoms with van der Waals surface area (Å²) in [5.41, 5.74) is 1.35. The molecule has 0 aliphatic carbocycles. The Hall–Kier alpha value is -1.26. The summed E-state index contributed by atoms with van der Waals surface area (Å²) in [7, 11) is 2.01. The Morgan fingerprint density at radius 1 is 1.37 bits per heavy atom. The van der Waals surface area contributed by atoms with Crippen molar-refractivity contribution in [3.63, 3.8) is 0 Å². The minimum absolute atomic E-state index is 0.302. The highest BCUT2D eigenvalue weighted by Gasteiger charge is 2.15. The van der Waals surface area contributed by atoms with Gasteiger partial charge in [-0.15, -0.1) is 11.8 Å². The van der Waals surface area contributed by atoms with Crippen LogP contribution < -0.4 is 5.32 Å². The van der Waals surface area contributed by atoms with Crippen molar-refractivity contribution < 1.29 is 0 Å². The van der Waals surface area contributed by atoms with Gasteiger partial charge in [0.2, 0.25) is 0 Å². The second-order valence-corrected chi connectivity index (χ2v) is 5.26. The van der Waals surface area contributed by atoms with Gasteiger partial charge in [-0.25, -0.2) is 4.98 Å². The van der Waals surface area contributed by atoms with Crippen molar-refractivity contribution in [3.8, 4) is 0 Å². The number of imidazole rings is 1. The topological polar surface area (TPSA) is 29.9 Å². The number of nitrogens with zero attached hydrogens (tertiary/aromatic N) is 2. The van der Waals surface area contributed by atoms with Gasteiger partial charge in [-0.2, -0.15) is 0 Å². The molecule has 0 saturated heterocycles. The first-order chi connectivity index (χ1) is 9.30. The maximum atomic E-state index is 4.47. The Morgan fingerprint density at radius 3 is 2.84 bits per heavy atom. The van der Waals surface area contributed by atoms with Crippen LogP contribution in [0.2, 0.25) is 0 Å². The Bertz CT molecular complexity index is 522. The summed E-state index contributed by atoms with van der Waals surface area (Å²) in [4.78, 5) is 5.80. The number of thioether (sulfide) groups is 1. The van der Waals surface area contributed by atoms with E-state index in [-0.39, 0.29) is 0 Å². The molecule has 0 aliphatic heterocycles. The molecule has 102 valence electrons. The van der Waals surface area contributed by atoms with Gasteiger partial charge in [0.25, 0.3) is 0 Å². The lowest BCUT2D eigenvalue weighted by Gasteiger charge is -2.19. The maximum Gasteiger partial charge on any atom is 0.110 e. The number of hydrogen-bond acceptors (Lipinski definition) is 3. The molecule has 19 heavy (non-hydrogen) atoms. The van der Waals surface area contributed by atoms with Crippen LogP contribution in [-0.2, 0) is 13.0 Å². The molecule has 2 rings (SSSR count). The quantitative estimate of drug-likeness (QED) is 0.821. The third-order valence-electron chi connectivity index (χ3n) is 3.39. The Labute approximate surface area is 119 Å². The van der Waals surface area contributed by atoms with Gasteiger partial charge in [0.1, 0.15) is 5.82 Å². The number of aryl methyl sites for hydroxylation is 1. The lowest BCUT2D eigenvalue weighted by Crippen LogP contribution is -2.21. The zero-order chi connectivity index (χ0) is 13.7. The van der Waals surface area contributed by atoms with Gasteiger partial charge >= 0.3 is 0 Å². The summed E-state index contributed by atoms with van der Waals surface area (Å²) in [5.74, 6) is 1.14. The molecule has 0 fully saturated rings. The van der Waals surface area contributed by atoms with Gasteiger partial charge < -0.3 is 9.88 Å². The summed E-state index contributed by atoms with van der Waals surface area (Å²) in [6.45, 7) is 3.12. The van der Waals surface area contributed by atoms with Crippen molar-refractivity contribution in [2.24, 2.45) is 0 Å². The van der Waals surface area contributed by atoms with Crippen molar-refractivity contribution in [2.75, 3.05) is 13.3 Å². The van der Waals surface area contributed by atoms with Crippen LogP contribution in [0.3, 0.4) is 0 Å². The zero-order valence-electron chi connectivity index (χ0n) is 11.8. The minimum Gasteiger partial charge on any atom is -0.335 e. The lowest BCUT2D eigenvalue weighted by molar-refractivity contribution is 0.546. The van der Waals surface area contributed by atoms with Gasteiger partial charge in [0.05, 0.1) is 0 Å². The fourth-order valence-corrected chi connectivity index (χ4v) is 2.98. The van der Waals surface area contributed by atoms with Crippen molar-refractivity contribution in [3.05, 3.63) is 48.0 Å². The molecule has 3 nitrogen and oxygen atoms in total. The van der Waals surface area contributed by atoms with E-state index in [9.17, 15) is 0 Å². The van der Waals surface area contributed by atoms with Gasteiger partial charge in [0, 0.05) is 36.3 Å². The first-order valence-electron chi connectivity index (χ1n) is 6.60. The van der Waals surface area contributed by atoms with E-state index in [0.717, 1.165) is 18.8 Å². The van der Waals surface area contributed by atoms with Crippen molar-refractivity contribution in [1.82, 2.24) is 14.9 Å². The number of rotatable bonds is 6. The predicted octanol–water partition coefficient (Wildman–Crippen LogP) is 3.13. The molecule has 1 atom stereocenters. The molecular weight excluding hydrogens is 254 g/mol. The molecule has 0 bridgehead atoms. The van der Waals surface area contributed by atoms with E-state index in [1.807, 2.05) is 19.4 Å². The van der Waals surface area contributed by atoms with Crippen LogP contribution in [0.25, 0.3) is 0 Å². The molecule has 1 heterocycles. The molecule has 2 aromatic rings. The van der Waals surface area contributed by atoms with Gasteiger partial charge in [-0.3, -0.25) is 0 Å². The van der Waals surface area contributed by atoms with Gasteiger partial charge in [0.15, 0.2) is 0 Å². The third-order valence-corrected chi connectivity index (χ3v) is 4.20. The van der Waals surface area contributed by atoms with E-state index in [0.29, 0.717) is 6.04 Å². The number of nitrogens with one attached hydrogen (secondary N) is 1. The van der Waals surface area contributed by atoms with Gasteiger partial charge in [-0.1, -0.05) is 18.2 Å². The lowest BCUT2D eigenvalue weighted by atomic mass is 10.0. The van der Waals surface area contributed by atoms with Crippen LogP contribution in [-0.4, -0.2) is 22.9 Å². The molecule has 0 saturated carbocycles. The molecule has 0 spiro atoms. The summed E-state index contributed by atoms with van der Waals surface area (Å²) < 4.78 is 2.20. The monoisotopic (exact) mass is 275 g/mol. The molecule has 0 radical (unpaired) electrons. The zero-order valence-corrected chi connectivity index (χ0v) is 12.6. The smallest absolute Gasteiger partial charge is 0.110 e. The van der Waals surface area contributed by atoms with E-state index >= 15 is 0 Å². The van der Waals surface area contributed by atoms with Crippen LogP contribution >= 0.6 is 11.8 Å². The highest BCUT2D eigenvalue weighted by atomic mass is 32.2. The normalized spacial score (nSPS) is 12.6. The van der Waals surface area contributed by atoms with E-state index < -0.39 is 0 Å². The number of benzene rings is 1. The number of aromatic nitrogens is 2. The second-order valence-electron chi connectivity index (χ2n) is 4.42. The highest BCUT2D eigenvalue weighted by Crippen LogP contribution is 2.27. The van der Waals surface area contributed by atoms with E-state index in [2.05, 4.69) is 52.3 Å². The third kappa shape index (κ3) is 3.19. The van der Waals surface area contributed by atoms with E-state index in [4.69, 9.17) is 0 Å². The predicted molar refractivity (Wildman–Crippen MR) is 81.6 cm³/mol. The van der Waals surface area contributed by atoms with Crippen LogP contribution in [0.4, 0.5) is 0 Å². The molecular formula is C15H21N3S. The SMILES string of the molecule is CCn1ccnc1CC(NC)c1ccccc1SC. The molecule has 1 unspecified atom stereocenters. The average molecular weight is 275 g/mol. The molecule has 1 aromatic carbocycles. The van der Waals surface area contributed by atoms with Crippen molar-refractivity contribution >= 4 is 11.8 Å². The number of likely N-dealkylation sites (N-methyl/N-ethyl adjacent to an activating group) is 1. The first kappa shape index (κ1) is 14.2. The Morgan fingerprint density at radius 2 is 2.16 bits per heavy atom. The molecule has 0 aliphatic rings. The van der Waals surface area contributed by atoms with Gasteiger partial charge in [-0.05, 0) is 31.9 Å².